The highest BCUT2D eigenvalue weighted by Crippen LogP contribution is 2.29. The maximum absolute atomic E-state index is 5.41. The molecular weight excluding hydrogens is 246 g/mol. The monoisotopic (exact) mass is 271 g/mol. The van der Waals surface area contributed by atoms with E-state index < -0.39 is 0 Å². The van der Waals surface area contributed by atoms with Crippen LogP contribution in [-0.4, -0.2) is 34.9 Å². The third-order valence-corrected chi connectivity index (χ3v) is 4.59. The van der Waals surface area contributed by atoms with Gasteiger partial charge in [0.25, 0.3) is 0 Å². The fourth-order valence-corrected chi connectivity index (χ4v) is 2.90. The van der Waals surface area contributed by atoms with Crippen molar-refractivity contribution in [2.75, 3.05) is 19.9 Å². The predicted molar refractivity (Wildman–Crippen MR) is 78.5 cm³/mol. The molecule has 0 saturated carbocycles. The van der Waals surface area contributed by atoms with Crippen LogP contribution in [0.25, 0.3) is 0 Å². The summed E-state index contributed by atoms with van der Waals surface area (Å²) < 4.78 is 7.42. The molecule has 1 aromatic rings. The Hall–Kier alpha value is -0.680. The molecule has 0 spiro atoms. The number of rotatable bonds is 8. The van der Waals surface area contributed by atoms with Crippen LogP contribution in [0, 0.1) is 0 Å². The van der Waals surface area contributed by atoms with Crippen molar-refractivity contribution in [2.24, 2.45) is 0 Å². The Morgan fingerprint density at radius 3 is 2.72 bits per heavy atom. The number of ether oxygens (including phenoxy) is 1. The Kier molecular flexibility index (Phi) is 6.57. The van der Waals surface area contributed by atoms with Crippen molar-refractivity contribution >= 4 is 11.8 Å². The molecule has 0 aliphatic heterocycles. The lowest BCUT2D eigenvalue weighted by Gasteiger charge is -2.20. The Morgan fingerprint density at radius 2 is 2.22 bits per heavy atom. The van der Waals surface area contributed by atoms with Crippen LogP contribution in [0.15, 0.2) is 6.20 Å². The third-order valence-electron chi connectivity index (χ3n) is 3.17. The van der Waals surface area contributed by atoms with Gasteiger partial charge in [-0.05, 0) is 20.4 Å². The van der Waals surface area contributed by atoms with E-state index in [9.17, 15) is 0 Å². The van der Waals surface area contributed by atoms with E-state index in [1.54, 1.807) is 13.3 Å². The third kappa shape index (κ3) is 3.65. The average molecular weight is 271 g/mol. The standard InChI is InChI=1S/C13H25N3OS/c1-6-10(3)18-9-11(14-4)13-12(17-5)8-15-16(13)7-2/h8,10-11,14H,6-7,9H2,1-5H3. The van der Waals surface area contributed by atoms with Gasteiger partial charge in [-0.2, -0.15) is 16.9 Å². The zero-order valence-corrected chi connectivity index (χ0v) is 12.9. The lowest BCUT2D eigenvalue weighted by molar-refractivity contribution is 0.399. The molecule has 2 unspecified atom stereocenters. The van der Waals surface area contributed by atoms with Crippen LogP contribution in [-0.2, 0) is 6.54 Å². The molecule has 2 atom stereocenters. The first-order chi connectivity index (χ1) is 8.67. The largest absolute Gasteiger partial charge is 0.493 e. The van der Waals surface area contributed by atoms with E-state index in [4.69, 9.17) is 4.74 Å². The molecule has 0 aliphatic carbocycles. The zero-order valence-electron chi connectivity index (χ0n) is 12.1. The van der Waals surface area contributed by atoms with Crippen molar-refractivity contribution in [3.05, 3.63) is 11.9 Å². The van der Waals surface area contributed by atoms with Crippen molar-refractivity contribution in [1.29, 1.82) is 0 Å². The van der Waals surface area contributed by atoms with Crippen LogP contribution < -0.4 is 10.1 Å². The number of methoxy groups -OCH3 is 1. The van der Waals surface area contributed by atoms with E-state index >= 15 is 0 Å². The molecule has 0 fully saturated rings. The quantitative estimate of drug-likeness (QED) is 0.789. The van der Waals surface area contributed by atoms with Gasteiger partial charge in [0.2, 0.25) is 0 Å². The minimum atomic E-state index is 0.279. The van der Waals surface area contributed by atoms with Gasteiger partial charge in [0.15, 0.2) is 5.75 Å². The second-order valence-corrected chi connectivity index (χ2v) is 5.78. The van der Waals surface area contributed by atoms with Gasteiger partial charge in [0, 0.05) is 17.5 Å². The summed E-state index contributed by atoms with van der Waals surface area (Å²) in [7, 11) is 3.70. The fraction of sp³-hybridized carbons (Fsp3) is 0.769. The summed E-state index contributed by atoms with van der Waals surface area (Å²) in [6.07, 6.45) is 3.00. The Labute approximate surface area is 114 Å². The summed E-state index contributed by atoms with van der Waals surface area (Å²) in [6.45, 7) is 7.46. The highest BCUT2D eigenvalue weighted by atomic mass is 32.2. The summed E-state index contributed by atoms with van der Waals surface area (Å²) in [4.78, 5) is 0. The van der Waals surface area contributed by atoms with Crippen molar-refractivity contribution in [2.45, 2.75) is 45.0 Å². The molecule has 18 heavy (non-hydrogen) atoms. The maximum atomic E-state index is 5.41. The Balaban J connectivity index is 2.83. The van der Waals surface area contributed by atoms with Crippen LogP contribution in [0.5, 0.6) is 5.75 Å². The smallest absolute Gasteiger partial charge is 0.161 e. The molecule has 0 aromatic carbocycles. The number of aromatic nitrogens is 2. The topological polar surface area (TPSA) is 39.1 Å². The van der Waals surface area contributed by atoms with E-state index in [-0.39, 0.29) is 6.04 Å². The SMILES string of the molecule is CCC(C)SCC(NC)c1c(OC)cnn1CC. The maximum Gasteiger partial charge on any atom is 0.161 e. The number of thioether (sulfide) groups is 1. The lowest BCUT2D eigenvalue weighted by Crippen LogP contribution is -2.23. The minimum absolute atomic E-state index is 0.279. The van der Waals surface area contributed by atoms with Crippen molar-refractivity contribution in [3.8, 4) is 5.75 Å². The highest BCUT2D eigenvalue weighted by Gasteiger charge is 2.20. The average Bonchev–Trinajstić information content (AvgIpc) is 2.82. The molecule has 104 valence electrons. The molecule has 5 heteroatoms. The molecule has 1 N–H and O–H groups in total. The number of nitrogens with one attached hydrogen (secondary N) is 1. The molecule has 0 radical (unpaired) electrons. The van der Waals surface area contributed by atoms with Crippen LogP contribution in [0.4, 0.5) is 0 Å². The van der Waals surface area contributed by atoms with E-state index in [1.165, 1.54) is 6.42 Å². The van der Waals surface area contributed by atoms with Gasteiger partial charge in [-0.25, -0.2) is 0 Å². The molecule has 1 aromatic heterocycles. The summed E-state index contributed by atoms with van der Waals surface area (Å²) in [5, 5.41) is 8.42. The van der Waals surface area contributed by atoms with Crippen molar-refractivity contribution < 1.29 is 4.74 Å². The number of nitrogens with zero attached hydrogens (tertiary/aromatic N) is 2. The van der Waals surface area contributed by atoms with Crippen LogP contribution in [0.3, 0.4) is 0 Å². The molecule has 1 rings (SSSR count). The number of hydrogen-bond acceptors (Lipinski definition) is 4. The van der Waals surface area contributed by atoms with Gasteiger partial charge in [0.05, 0.1) is 25.0 Å². The second kappa shape index (κ2) is 7.69. The van der Waals surface area contributed by atoms with E-state index in [0.717, 1.165) is 23.7 Å². The molecule has 0 aliphatic rings. The lowest BCUT2D eigenvalue weighted by atomic mass is 10.2. The van der Waals surface area contributed by atoms with Crippen molar-refractivity contribution in [3.63, 3.8) is 0 Å². The van der Waals surface area contributed by atoms with Gasteiger partial charge in [-0.3, -0.25) is 4.68 Å². The predicted octanol–water partition coefficient (Wildman–Crippen LogP) is 2.70. The first-order valence-electron chi connectivity index (χ1n) is 6.56. The Morgan fingerprint density at radius 1 is 1.50 bits per heavy atom. The molecule has 4 nitrogen and oxygen atoms in total. The molecule has 1 heterocycles. The molecule has 0 amide bonds. The summed E-state index contributed by atoms with van der Waals surface area (Å²) in [6, 6.07) is 0.279. The molecular formula is C13H25N3OS. The first-order valence-corrected chi connectivity index (χ1v) is 7.61. The number of hydrogen-bond donors (Lipinski definition) is 1. The van der Waals surface area contributed by atoms with Crippen molar-refractivity contribution in [1.82, 2.24) is 15.1 Å². The fourth-order valence-electron chi connectivity index (χ4n) is 1.82. The van der Waals surface area contributed by atoms with E-state index in [1.807, 2.05) is 23.5 Å². The van der Waals surface area contributed by atoms with Gasteiger partial charge in [-0.15, -0.1) is 0 Å². The van der Waals surface area contributed by atoms with Crippen LogP contribution >= 0.6 is 11.8 Å². The van der Waals surface area contributed by atoms with Crippen LogP contribution in [0.1, 0.15) is 38.9 Å². The Bertz CT molecular complexity index is 333. The zero-order chi connectivity index (χ0) is 13.5. The molecule has 0 saturated heterocycles. The number of aryl methyl sites for hydroxylation is 1. The summed E-state index contributed by atoms with van der Waals surface area (Å²) in [5.41, 5.74) is 1.15. The summed E-state index contributed by atoms with van der Waals surface area (Å²) in [5.74, 6) is 1.91. The van der Waals surface area contributed by atoms with Gasteiger partial charge in [0.1, 0.15) is 0 Å². The normalized spacial score (nSPS) is 14.5. The van der Waals surface area contributed by atoms with E-state index in [0.29, 0.717) is 5.25 Å². The van der Waals surface area contributed by atoms with Gasteiger partial charge >= 0.3 is 0 Å². The minimum Gasteiger partial charge on any atom is -0.493 e. The first kappa shape index (κ1) is 15.4. The molecule has 0 bridgehead atoms. The van der Waals surface area contributed by atoms with E-state index in [2.05, 4.69) is 31.2 Å². The van der Waals surface area contributed by atoms with Gasteiger partial charge in [-0.1, -0.05) is 13.8 Å². The summed E-state index contributed by atoms with van der Waals surface area (Å²) >= 11 is 1.99. The second-order valence-electron chi connectivity index (χ2n) is 4.31. The van der Waals surface area contributed by atoms with Gasteiger partial charge < -0.3 is 10.1 Å². The van der Waals surface area contributed by atoms with Crippen LogP contribution in [0.2, 0.25) is 0 Å². The highest BCUT2D eigenvalue weighted by molar-refractivity contribution is 7.99.